The van der Waals surface area contributed by atoms with Crippen LogP contribution in [0.25, 0.3) is 6.08 Å². The van der Waals surface area contributed by atoms with Crippen molar-refractivity contribution in [1.82, 2.24) is 14.8 Å². The molecule has 150 valence electrons. The molecule has 1 amide bonds. The molecule has 0 N–H and O–H groups in total. The first-order valence-electron chi connectivity index (χ1n) is 10.3. The Labute approximate surface area is 168 Å². The molecule has 0 bridgehead atoms. The molecule has 0 aliphatic carbocycles. The molecule has 2 aromatic rings. The van der Waals surface area contributed by atoms with Gasteiger partial charge in [0, 0.05) is 51.4 Å². The highest BCUT2D eigenvalue weighted by Crippen LogP contribution is 2.21. The molecule has 1 fully saturated rings. The SMILES string of the molecule is CN(CCc1ccccn1)C(=O)CC[C@@H]1CCCN(C/C=C/c2ccco2)C1. The normalized spacial score (nSPS) is 17.8. The van der Waals surface area contributed by atoms with E-state index < -0.39 is 0 Å². The predicted octanol–water partition coefficient (Wildman–Crippen LogP) is 3.88. The van der Waals surface area contributed by atoms with Gasteiger partial charge in [0.05, 0.1) is 6.26 Å². The Balaban J connectivity index is 1.35. The van der Waals surface area contributed by atoms with Gasteiger partial charge in [-0.05, 0) is 62.1 Å². The number of amides is 1. The molecule has 0 unspecified atom stereocenters. The average molecular weight is 382 g/mol. The van der Waals surface area contributed by atoms with Gasteiger partial charge in [0.15, 0.2) is 0 Å². The van der Waals surface area contributed by atoms with Crippen LogP contribution in [0.3, 0.4) is 0 Å². The van der Waals surface area contributed by atoms with Crippen LogP contribution in [0.2, 0.25) is 0 Å². The van der Waals surface area contributed by atoms with Crippen molar-refractivity contribution in [3.8, 4) is 0 Å². The van der Waals surface area contributed by atoms with E-state index in [9.17, 15) is 4.79 Å². The lowest BCUT2D eigenvalue weighted by Crippen LogP contribution is -2.36. The number of aromatic nitrogens is 1. The van der Waals surface area contributed by atoms with E-state index in [0.29, 0.717) is 12.3 Å². The monoisotopic (exact) mass is 381 g/mol. The molecular weight excluding hydrogens is 350 g/mol. The van der Waals surface area contributed by atoms with Crippen LogP contribution in [0.5, 0.6) is 0 Å². The zero-order valence-corrected chi connectivity index (χ0v) is 16.8. The predicted molar refractivity (Wildman–Crippen MR) is 112 cm³/mol. The summed E-state index contributed by atoms with van der Waals surface area (Å²) in [7, 11) is 1.90. The molecular formula is C23H31N3O2. The molecule has 0 saturated carbocycles. The third kappa shape index (κ3) is 6.64. The van der Waals surface area contributed by atoms with Crippen molar-refractivity contribution in [1.29, 1.82) is 0 Å². The average Bonchev–Trinajstić information content (AvgIpc) is 3.25. The zero-order valence-electron chi connectivity index (χ0n) is 16.8. The second-order valence-corrected chi connectivity index (χ2v) is 7.61. The molecule has 0 radical (unpaired) electrons. The van der Waals surface area contributed by atoms with Crippen LogP contribution in [-0.4, -0.2) is 53.9 Å². The third-order valence-corrected chi connectivity index (χ3v) is 5.41. The number of likely N-dealkylation sites (tertiary alicyclic amines) is 1. The lowest BCUT2D eigenvalue weighted by molar-refractivity contribution is -0.130. The van der Waals surface area contributed by atoms with Gasteiger partial charge in [0.25, 0.3) is 0 Å². The number of rotatable bonds is 9. The molecule has 5 nitrogen and oxygen atoms in total. The van der Waals surface area contributed by atoms with Gasteiger partial charge in [-0.2, -0.15) is 0 Å². The Hall–Kier alpha value is -2.40. The van der Waals surface area contributed by atoms with Gasteiger partial charge in [-0.1, -0.05) is 12.1 Å². The summed E-state index contributed by atoms with van der Waals surface area (Å²) in [5.41, 5.74) is 1.03. The molecule has 28 heavy (non-hydrogen) atoms. The Morgan fingerprint density at radius 1 is 1.36 bits per heavy atom. The summed E-state index contributed by atoms with van der Waals surface area (Å²) >= 11 is 0. The lowest BCUT2D eigenvalue weighted by Gasteiger charge is -2.32. The number of likely N-dealkylation sites (N-methyl/N-ethyl adjacent to an activating group) is 1. The first-order valence-corrected chi connectivity index (χ1v) is 10.3. The summed E-state index contributed by atoms with van der Waals surface area (Å²) in [6, 6.07) is 9.78. The summed E-state index contributed by atoms with van der Waals surface area (Å²) in [5, 5.41) is 0. The second-order valence-electron chi connectivity index (χ2n) is 7.61. The van der Waals surface area contributed by atoms with Crippen molar-refractivity contribution in [2.45, 2.75) is 32.1 Å². The number of hydrogen-bond donors (Lipinski definition) is 0. The number of carbonyl (C=O) groups excluding carboxylic acids is 1. The maximum absolute atomic E-state index is 12.5. The van der Waals surface area contributed by atoms with Crippen LogP contribution in [0, 0.1) is 5.92 Å². The minimum Gasteiger partial charge on any atom is -0.465 e. The second kappa shape index (κ2) is 10.8. The smallest absolute Gasteiger partial charge is 0.222 e. The van der Waals surface area contributed by atoms with E-state index in [1.807, 2.05) is 48.4 Å². The Bertz CT molecular complexity index is 728. The molecule has 1 atom stereocenters. The Morgan fingerprint density at radius 2 is 2.29 bits per heavy atom. The van der Waals surface area contributed by atoms with Crippen molar-refractivity contribution in [2.75, 3.05) is 33.2 Å². The summed E-state index contributed by atoms with van der Waals surface area (Å²) in [6.45, 7) is 3.88. The quantitative estimate of drug-likeness (QED) is 0.661. The van der Waals surface area contributed by atoms with E-state index in [1.54, 1.807) is 12.5 Å². The van der Waals surface area contributed by atoms with E-state index in [1.165, 1.54) is 12.8 Å². The van der Waals surface area contributed by atoms with Gasteiger partial charge < -0.3 is 9.32 Å². The van der Waals surface area contributed by atoms with Gasteiger partial charge in [0.2, 0.25) is 5.91 Å². The summed E-state index contributed by atoms with van der Waals surface area (Å²) in [5.74, 6) is 1.75. The number of hydrogen-bond acceptors (Lipinski definition) is 4. The first-order chi connectivity index (χ1) is 13.7. The standard InChI is InChI=1S/C23H31N3O2/c1-25(17-13-21-8-2-3-14-24-21)23(27)12-11-20-7-4-15-26(19-20)16-5-9-22-10-6-18-28-22/h2-3,5-6,8-10,14,18,20H,4,7,11-13,15-17,19H2,1H3/b9-5+/t20-/m0/s1. The molecule has 1 aliphatic heterocycles. The lowest BCUT2D eigenvalue weighted by atomic mass is 9.93. The topological polar surface area (TPSA) is 49.6 Å². The third-order valence-electron chi connectivity index (χ3n) is 5.41. The number of carbonyl (C=O) groups is 1. The number of piperidine rings is 1. The molecule has 1 saturated heterocycles. The molecule has 3 heterocycles. The van der Waals surface area contributed by atoms with Crippen LogP contribution in [0.15, 0.2) is 53.3 Å². The number of pyridine rings is 1. The minimum atomic E-state index is 0.241. The van der Waals surface area contributed by atoms with Gasteiger partial charge in [0.1, 0.15) is 5.76 Å². The van der Waals surface area contributed by atoms with Crippen LogP contribution in [-0.2, 0) is 11.2 Å². The molecule has 1 aliphatic rings. The van der Waals surface area contributed by atoms with Gasteiger partial charge in [-0.15, -0.1) is 0 Å². The fraction of sp³-hybridized carbons (Fsp3) is 0.478. The van der Waals surface area contributed by atoms with E-state index in [-0.39, 0.29) is 5.91 Å². The highest BCUT2D eigenvalue weighted by Gasteiger charge is 2.20. The van der Waals surface area contributed by atoms with E-state index >= 15 is 0 Å². The van der Waals surface area contributed by atoms with Crippen molar-refractivity contribution < 1.29 is 9.21 Å². The Kier molecular flexibility index (Phi) is 7.85. The fourth-order valence-corrected chi connectivity index (χ4v) is 3.73. The molecule has 3 rings (SSSR count). The molecule has 0 aromatic carbocycles. The highest BCUT2D eigenvalue weighted by molar-refractivity contribution is 5.75. The molecule has 2 aromatic heterocycles. The van der Waals surface area contributed by atoms with E-state index in [0.717, 1.165) is 50.5 Å². The molecule has 0 spiro atoms. The van der Waals surface area contributed by atoms with Crippen LogP contribution in [0.1, 0.15) is 37.1 Å². The maximum atomic E-state index is 12.5. The van der Waals surface area contributed by atoms with Crippen LogP contribution in [0.4, 0.5) is 0 Å². The van der Waals surface area contributed by atoms with Crippen molar-refractivity contribution >= 4 is 12.0 Å². The van der Waals surface area contributed by atoms with Crippen molar-refractivity contribution in [3.63, 3.8) is 0 Å². The van der Waals surface area contributed by atoms with E-state index in [2.05, 4.69) is 16.0 Å². The van der Waals surface area contributed by atoms with Gasteiger partial charge in [-0.25, -0.2) is 0 Å². The van der Waals surface area contributed by atoms with Gasteiger partial charge in [-0.3, -0.25) is 14.7 Å². The fourth-order valence-electron chi connectivity index (χ4n) is 3.73. The van der Waals surface area contributed by atoms with Crippen molar-refractivity contribution in [3.05, 3.63) is 60.3 Å². The van der Waals surface area contributed by atoms with Crippen molar-refractivity contribution in [2.24, 2.45) is 5.92 Å². The Morgan fingerprint density at radius 3 is 3.07 bits per heavy atom. The minimum absolute atomic E-state index is 0.241. The summed E-state index contributed by atoms with van der Waals surface area (Å²) in [4.78, 5) is 21.1. The van der Waals surface area contributed by atoms with E-state index in [4.69, 9.17) is 4.42 Å². The summed E-state index contributed by atoms with van der Waals surface area (Å²) < 4.78 is 5.33. The highest BCUT2D eigenvalue weighted by atomic mass is 16.3. The maximum Gasteiger partial charge on any atom is 0.222 e. The number of furan rings is 1. The van der Waals surface area contributed by atoms with Gasteiger partial charge >= 0.3 is 0 Å². The summed E-state index contributed by atoms with van der Waals surface area (Å²) in [6.07, 6.45) is 12.6. The van der Waals surface area contributed by atoms with Crippen LogP contribution < -0.4 is 0 Å². The first kappa shape index (κ1) is 20.3. The molecule has 5 heteroatoms. The van der Waals surface area contributed by atoms with Crippen LogP contribution >= 0.6 is 0 Å². The number of nitrogens with zero attached hydrogens (tertiary/aromatic N) is 3. The largest absolute Gasteiger partial charge is 0.465 e. The zero-order chi connectivity index (χ0) is 19.6.